The normalized spacial score (nSPS) is 10.4. The molecule has 0 aromatic carbocycles. The van der Waals surface area contributed by atoms with Crippen molar-refractivity contribution >= 4 is 11.6 Å². The Hall–Kier alpha value is -2.04. The maximum atomic E-state index is 5.79. The zero-order valence-electron chi connectivity index (χ0n) is 9.81. The summed E-state index contributed by atoms with van der Waals surface area (Å²) in [6.07, 6.45) is 4.79. The molecule has 0 aliphatic rings. The van der Waals surface area contributed by atoms with Crippen molar-refractivity contribution in [2.45, 2.75) is 19.8 Å². The number of nitrogens with one attached hydrogen (secondary N) is 1. The largest absolute Gasteiger partial charge is 0.469 e. The molecule has 17 heavy (non-hydrogen) atoms. The zero-order chi connectivity index (χ0) is 12.1. The molecular formula is C12H16N4O. The molecule has 0 unspecified atom stereocenters. The van der Waals surface area contributed by atoms with Crippen molar-refractivity contribution in [1.29, 1.82) is 0 Å². The van der Waals surface area contributed by atoms with E-state index in [1.807, 2.05) is 19.1 Å². The van der Waals surface area contributed by atoms with Crippen LogP contribution in [0.3, 0.4) is 0 Å². The molecular weight excluding hydrogens is 216 g/mol. The summed E-state index contributed by atoms with van der Waals surface area (Å²) in [5.74, 6) is 2.31. The third-order valence-electron chi connectivity index (χ3n) is 2.58. The van der Waals surface area contributed by atoms with Gasteiger partial charge in [0.1, 0.15) is 23.7 Å². The Morgan fingerprint density at radius 2 is 2.29 bits per heavy atom. The maximum absolute atomic E-state index is 5.79. The number of aromatic nitrogens is 2. The van der Waals surface area contributed by atoms with E-state index in [0.717, 1.165) is 36.5 Å². The molecule has 0 bridgehead atoms. The van der Waals surface area contributed by atoms with Crippen LogP contribution in [0.4, 0.5) is 11.6 Å². The molecule has 0 radical (unpaired) electrons. The van der Waals surface area contributed by atoms with Crippen LogP contribution in [0.5, 0.6) is 0 Å². The third-order valence-corrected chi connectivity index (χ3v) is 2.58. The number of nitrogens with zero attached hydrogens (tertiary/aromatic N) is 2. The predicted octanol–water partition coefficient (Wildman–Crippen LogP) is 1.87. The summed E-state index contributed by atoms with van der Waals surface area (Å²) >= 11 is 0. The minimum atomic E-state index is 0.544. The lowest BCUT2D eigenvalue weighted by Gasteiger charge is -2.10. The molecule has 5 nitrogen and oxygen atoms in total. The smallest absolute Gasteiger partial charge is 0.134 e. The van der Waals surface area contributed by atoms with Gasteiger partial charge in [0.25, 0.3) is 0 Å². The Morgan fingerprint density at radius 1 is 1.41 bits per heavy atom. The van der Waals surface area contributed by atoms with Gasteiger partial charge in [-0.2, -0.15) is 0 Å². The van der Waals surface area contributed by atoms with E-state index < -0.39 is 0 Å². The van der Waals surface area contributed by atoms with E-state index in [1.54, 1.807) is 6.26 Å². The quantitative estimate of drug-likeness (QED) is 0.822. The molecule has 2 aromatic rings. The van der Waals surface area contributed by atoms with E-state index in [2.05, 4.69) is 15.3 Å². The zero-order valence-corrected chi connectivity index (χ0v) is 9.81. The molecule has 0 atom stereocenters. The highest BCUT2D eigenvalue weighted by Crippen LogP contribution is 2.17. The SMILES string of the molecule is CCc1c(N)ncnc1NCCc1ccco1. The molecule has 90 valence electrons. The Morgan fingerprint density at radius 3 is 3.00 bits per heavy atom. The van der Waals surface area contributed by atoms with Crippen LogP contribution in [0.25, 0.3) is 0 Å². The van der Waals surface area contributed by atoms with Crippen molar-refractivity contribution in [3.8, 4) is 0 Å². The Kier molecular flexibility index (Phi) is 3.59. The van der Waals surface area contributed by atoms with Crippen molar-refractivity contribution in [1.82, 2.24) is 9.97 Å². The molecule has 0 saturated heterocycles. The van der Waals surface area contributed by atoms with E-state index in [-0.39, 0.29) is 0 Å². The van der Waals surface area contributed by atoms with Gasteiger partial charge in [-0.05, 0) is 18.6 Å². The fourth-order valence-corrected chi connectivity index (χ4v) is 1.69. The molecule has 0 aliphatic carbocycles. The van der Waals surface area contributed by atoms with Gasteiger partial charge in [0.15, 0.2) is 0 Å². The summed E-state index contributed by atoms with van der Waals surface area (Å²) in [6.45, 7) is 2.80. The second kappa shape index (κ2) is 5.34. The van der Waals surface area contributed by atoms with Gasteiger partial charge in [-0.1, -0.05) is 6.92 Å². The summed E-state index contributed by atoms with van der Waals surface area (Å²) < 4.78 is 5.25. The fraction of sp³-hybridized carbons (Fsp3) is 0.333. The molecule has 0 saturated carbocycles. The summed E-state index contributed by atoms with van der Waals surface area (Å²) in [7, 11) is 0. The van der Waals surface area contributed by atoms with Crippen molar-refractivity contribution in [2.24, 2.45) is 0 Å². The van der Waals surface area contributed by atoms with Crippen LogP contribution in [-0.2, 0) is 12.8 Å². The van der Waals surface area contributed by atoms with Crippen LogP contribution >= 0.6 is 0 Å². The molecule has 0 fully saturated rings. The van der Waals surface area contributed by atoms with E-state index in [9.17, 15) is 0 Å². The summed E-state index contributed by atoms with van der Waals surface area (Å²) in [4.78, 5) is 8.17. The molecule has 0 aliphatic heterocycles. The Bertz CT molecular complexity index is 467. The van der Waals surface area contributed by atoms with Crippen molar-refractivity contribution in [3.63, 3.8) is 0 Å². The van der Waals surface area contributed by atoms with Gasteiger partial charge in [0, 0.05) is 18.5 Å². The van der Waals surface area contributed by atoms with Crippen LogP contribution in [0.15, 0.2) is 29.1 Å². The van der Waals surface area contributed by atoms with Gasteiger partial charge in [0.05, 0.1) is 6.26 Å². The highest BCUT2D eigenvalue weighted by molar-refractivity contribution is 5.54. The minimum Gasteiger partial charge on any atom is -0.469 e. The van der Waals surface area contributed by atoms with Crippen molar-refractivity contribution in [3.05, 3.63) is 36.0 Å². The number of anilines is 2. The number of hydrogen-bond acceptors (Lipinski definition) is 5. The van der Waals surface area contributed by atoms with Crippen LogP contribution in [-0.4, -0.2) is 16.5 Å². The van der Waals surface area contributed by atoms with Crippen LogP contribution < -0.4 is 11.1 Å². The second-order valence-electron chi connectivity index (χ2n) is 3.70. The summed E-state index contributed by atoms with van der Waals surface area (Å²) in [5.41, 5.74) is 6.75. The lowest BCUT2D eigenvalue weighted by molar-refractivity contribution is 0.513. The highest BCUT2D eigenvalue weighted by Gasteiger charge is 2.06. The van der Waals surface area contributed by atoms with Gasteiger partial charge >= 0.3 is 0 Å². The maximum Gasteiger partial charge on any atom is 0.134 e. The molecule has 0 spiro atoms. The lowest BCUT2D eigenvalue weighted by Crippen LogP contribution is -2.10. The first kappa shape index (κ1) is 11.4. The van der Waals surface area contributed by atoms with Crippen LogP contribution in [0.1, 0.15) is 18.2 Å². The first-order valence-corrected chi connectivity index (χ1v) is 5.67. The van der Waals surface area contributed by atoms with Gasteiger partial charge in [-0.25, -0.2) is 9.97 Å². The van der Waals surface area contributed by atoms with Gasteiger partial charge in [0.2, 0.25) is 0 Å². The summed E-state index contributed by atoms with van der Waals surface area (Å²) in [6, 6.07) is 3.84. The van der Waals surface area contributed by atoms with E-state index in [0.29, 0.717) is 5.82 Å². The number of hydrogen-bond donors (Lipinski definition) is 2. The second-order valence-corrected chi connectivity index (χ2v) is 3.70. The van der Waals surface area contributed by atoms with E-state index >= 15 is 0 Å². The topological polar surface area (TPSA) is 77.0 Å². The first-order valence-electron chi connectivity index (χ1n) is 5.67. The highest BCUT2D eigenvalue weighted by atomic mass is 16.3. The average Bonchev–Trinajstić information content (AvgIpc) is 2.82. The minimum absolute atomic E-state index is 0.544. The van der Waals surface area contributed by atoms with Gasteiger partial charge < -0.3 is 15.5 Å². The fourth-order valence-electron chi connectivity index (χ4n) is 1.69. The summed E-state index contributed by atoms with van der Waals surface area (Å²) in [5, 5.41) is 3.25. The third kappa shape index (κ3) is 2.75. The van der Waals surface area contributed by atoms with E-state index in [4.69, 9.17) is 10.2 Å². The molecule has 3 N–H and O–H groups in total. The molecule has 2 rings (SSSR count). The monoisotopic (exact) mass is 232 g/mol. The lowest BCUT2D eigenvalue weighted by atomic mass is 10.2. The van der Waals surface area contributed by atoms with Gasteiger partial charge in [-0.15, -0.1) is 0 Å². The Balaban J connectivity index is 1.97. The van der Waals surface area contributed by atoms with Crippen molar-refractivity contribution in [2.75, 3.05) is 17.6 Å². The molecule has 2 aromatic heterocycles. The molecule has 5 heteroatoms. The molecule has 0 amide bonds. The average molecular weight is 232 g/mol. The number of nitrogen functional groups attached to an aromatic ring is 1. The van der Waals surface area contributed by atoms with Crippen molar-refractivity contribution < 1.29 is 4.42 Å². The predicted molar refractivity (Wildman–Crippen MR) is 66.7 cm³/mol. The van der Waals surface area contributed by atoms with E-state index in [1.165, 1.54) is 6.33 Å². The van der Waals surface area contributed by atoms with Crippen LogP contribution in [0.2, 0.25) is 0 Å². The Labute approximate surface area is 100 Å². The standard InChI is InChI=1S/C12H16N4O/c1-2-10-11(13)15-8-16-12(10)14-6-5-9-4-3-7-17-9/h3-4,7-8H,2,5-6H2,1H3,(H3,13,14,15,16). The first-order chi connectivity index (χ1) is 8.31. The number of furan rings is 1. The van der Waals surface area contributed by atoms with Gasteiger partial charge in [-0.3, -0.25) is 0 Å². The van der Waals surface area contributed by atoms with Crippen LogP contribution in [0, 0.1) is 0 Å². The number of nitrogens with two attached hydrogens (primary N) is 1. The molecule has 2 heterocycles. The number of rotatable bonds is 5.